The largest absolute Gasteiger partial charge is 0.339 e. The van der Waals surface area contributed by atoms with Crippen LogP contribution in [0.1, 0.15) is 26.7 Å². The van der Waals surface area contributed by atoms with Crippen LogP contribution in [0.5, 0.6) is 0 Å². The second-order valence-electron chi connectivity index (χ2n) is 5.44. The van der Waals surface area contributed by atoms with Gasteiger partial charge in [0.05, 0.1) is 0 Å². The maximum Gasteiger partial charge on any atom is 0.228 e. The van der Waals surface area contributed by atoms with Crippen LogP contribution in [0.2, 0.25) is 0 Å². The van der Waals surface area contributed by atoms with E-state index in [1.54, 1.807) is 11.3 Å². The maximum atomic E-state index is 5.32. The zero-order valence-electron chi connectivity index (χ0n) is 11.2. The van der Waals surface area contributed by atoms with Crippen molar-refractivity contribution in [3.05, 3.63) is 22.7 Å². The summed E-state index contributed by atoms with van der Waals surface area (Å²) in [5, 5.41) is 11.4. The van der Waals surface area contributed by atoms with E-state index in [1.807, 2.05) is 23.9 Å². The third-order valence-electron chi connectivity index (χ3n) is 3.02. The summed E-state index contributed by atoms with van der Waals surface area (Å²) in [6.45, 7) is 6.60. The standard InChI is InChI=1S/C13H19N3OS/c1-13(2,3)10(14-4)7-11-15-12(16-17-11)9-5-6-18-8-9/h5-6,8,10,14H,7H2,1-4H3. The number of likely N-dealkylation sites (N-methyl/N-ethyl adjacent to an activating group) is 1. The van der Waals surface area contributed by atoms with Gasteiger partial charge in [-0.2, -0.15) is 16.3 Å². The van der Waals surface area contributed by atoms with Gasteiger partial charge in [-0.05, 0) is 23.9 Å². The monoisotopic (exact) mass is 265 g/mol. The van der Waals surface area contributed by atoms with Gasteiger partial charge in [0.15, 0.2) is 0 Å². The Morgan fingerprint density at radius 2 is 2.22 bits per heavy atom. The summed E-state index contributed by atoms with van der Waals surface area (Å²) < 4.78 is 5.32. The molecule has 2 aromatic heterocycles. The van der Waals surface area contributed by atoms with Crippen molar-refractivity contribution in [2.75, 3.05) is 7.05 Å². The topological polar surface area (TPSA) is 51.0 Å². The van der Waals surface area contributed by atoms with Crippen LogP contribution in [-0.2, 0) is 6.42 Å². The predicted molar refractivity (Wildman–Crippen MR) is 73.6 cm³/mol. The summed E-state index contributed by atoms with van der Waals surface area (Å²) in [6.07, 6.45) is 0.747. The Kier molecular flexibility index (Phi) is 3.82. The molecule has 5 heteroatoms. The van der Waals surface area contributed by atoms with Crippen molar-refractivity contribution in [3.8, 4) is 11.4 Å². The highest BCUT2D eigenvalue weighted by molar-refractivity contribution is 7.08. The molecule has 0 fully saturated rings. The van der Waals surface area contributed by atoms with E-state index in [0.29, 0.717) is 17.8 Å². The average molecular weight is 265 g/mol. The van der Waals surface area contributed by atoms with E-state index in [0.717, 1.165) is 12.0 Å². The lowest BCUT2D eigenvalue weighted by Gasteiger charge is -2.29. The minimum Gasteiger partial charge on any atom is -0.339 e. The van der Waals surface area contributed by atoms with Crippen LogP contribution in [0.3, 0.4) is 0 Å². The van der Waals surface area contributed by atoms with Crippen molar-refractivity contribution >= 4 is 11.3 Å². The van der Waals surface area contributed by atoms with Gasteiger partial charge in [-0.1, -0.05) is 25.9 Å². The van der Waals surface area contributed by atoms with Gasteiger partial charge in [-0.3, -0.25) is 0 Å². The Balaban J connectivity index is 2.11. The van der Waals surface area contributed by atoms with Gasteiger partial charge in [-0.15, -0.1) is 0 Å². The Bertz CT molecular complexity index is 485. The number of hydrogen-bond acceptors (Lipinski definition) is 5. The Labute approximate surface area is 111 Å². The number of rotatable bonds is 4. The third kappa shape index (κ3) is 2.97. The molecular weight excluding hydrogens is 246 g/mol. The van der Waals surface area contributed by atoms with Crippen molar-refractivity contribution in [1.82, 2.24) is 15.5 Å². The first-order valence-corrected chi connectivity index (χ1v) is 6.97. The fourth-order valence-corrected chi connectivity index (χ4v) is 2.50. The van der Waals surface area contributed by atoms with E-state index in [9.17, 15) is 0 Å². The van der Waals surface area contributed by atoms with Crippen molar-refractivity contribution in [2.24, 2.45) is 5.41 Å². The van der Waals surface area contributed by atoms with Gasteiger partial charge >= 0.3 is 0 Å². The number of thiophene rings is 1. The molecule has 98 valence electrons. The molecular formula is C13H19N3OS. The lowest BCUT2D eigenvalue weighted by atomic mass is 9.85. The molecule has 0 aliphatic rings. The second kappa shape index (κ2) is 5.20. The van der Waals surface area contributed by atoms with Crippen LogP contribution in [0, 0.1) is 5.41 Å². The fraction of sp³-hybridized carbons (Fsp3) is 0.538. The van der Waals surface area contributed by atoms with Gasteiger partial charge in [0.25, 0.3) is 0 Å². The quantitative estimate of drug-likeness (QED) is 0.923. The maximum absolute atomic E-state index is 5.32. The zero-order valence-corrected chi connectivity index (χ0v) is 12.0. The SMILES string of the molecule is CNC(Cc1nc(-c2ccsc2)no1)C(C)(C)C. The van der Waals surface area contributed by atoms with E-state index in [4.69, 9.17) is 4.52 Å². The number of hydrogen-bond donors (Lipinski definition) is 1. The molecule has 0 aliphatic heterocycles. The molecule has 0 aliphatic carbocycles. The number of nitrogens with one attached hydrogen (secondary N) is 1. The third-order valence-corrected chi connectivity index (χ3v) is 3.70. The Morgan fingerprint density at radius 3 is 2.78 bits per heavy atom. The van der Waals surface area contributed by atoms with Gasteiger partial charge in [-0.25, -0.2) is 0 Å². The molecule has 2 rings (SSSR count). The van der Waals surface area contributed by atoms with Crippen molar-refractivity contribution in [2.45, 2.75) is 33.2 Å². The van der Waals surface area contributed by atoms with Crippen LogP contribution in [0.4, 0.5) is 0 Å². The van der Waals surface area contributed by atoms with Crippen LogP contribution in [-0.4, -0.2) is 23.2 Å². The number of nitrogens with zero attached hydrogens (tertiary/aromatic N) is 2. The van der Waals surface area contributed by atoms with E-state index in [1.165, 1.54) is 0 Å². The van der Waals surface area contributed by atoms with Crippen molar-refractivity contribution in [1.29, 1.82) is 0 Å². The molecule has 4 nitrogen and oxygen atoms in total. The average Bonchev–Trinajstić information content (AvgIpc) is 2.94. The summed E-state index contributed by atoms with van der Waals surface area (Å²) >= 11 is 1.63. The fourth-order valence-electron chi connectivity index (χ4n) is 1.86. The molecule has 0 radical (unpaired) electrons. The summed E-state index contributed by atoms with van der Waals surface area (Å²) in [6, 6.07) is 2.31. The highest BCUT2D eigenvalue weighted by Gasteiger charge is 2.25. The Hall–Kier alpha value is -1.20. The predicted octanol–water partition coefficient (Wildman–Crippen LogP) is 2.97. The second-order valence-corrected chi connectivity index (χ2v) is 6.22. The highest BCUT2D eigenvalue weighted by atomic mass is 32.1. The first-order chi connectivity index (χ1) is 8.50. The molecule has 2 aromatic rings. The van der Waals surface area contributed by atoms with Gasteiger partial charge in [0.2, 0.25) is 11.7 Å². The first kappa shape index (κ1) is 13.2. The molecule has 0 amide bonds. The van der Waals surface area contributed by atoms with Gasteiger partial charge < -0.3 is 9.84 Å². The first-order valence-electron chi connectivity index (χ1n) is 6.03. The molecule has 1 unspecified atom stereocenters. The molecule has 0 aromatic carbocycles. The molecule has 0 spiro atoms. The van der Waals surface area contributed by atoms with E-state index in [-0.39, 0.29) is 5.41 Å². The smallest absolute Gasteiger partial charge is 0.228 e. The molecule has 2 heterocycles. The van der Waals surface area contributed by atoms with Crippen LogP contribution < -0.4 is 5.32 Å². The highest BCUT2D eigenvalue weighted by Crippen LogP contribution is 2.23. The molecule has 0 bridgehead atoms. The molecule has 18 heavy (non-hydrogen) atoms. The molecule has 0 saturated carbocycles. The summed E-state index contributed by atoms with van der Waals surface area (Å²) in [5.41, 5.74) is 1.18. The summed E-state index contributed by atoms with van der Waals surface area (Å²) in [5.74, 6) is 1.36. The minimum atomic E-state index is 0.158. The van der Waals surface area contributed by atoms with Crippen molar-refractivity contribution < 1.29 is 4.52 Å². The lowest BCUT2D eigenvalue weighted by molar-refractivity contribution is 0.255. The Morgan fingerprint density at radius 1 is 1.44 bits per heavy atom. The van der Waals surface area contributed by atoms with Gasteiger partial charge in [0.1, 0.15) is 0 Å². The van der Waals surface area contributed by atoms with Crippen LogP contribution in [0.15, 0.2) is 21.3 Å². The number of aromatic nitrogens is 2. The molecule has 1 N–H and O–H groups in total. The van der Waals surface area contributed by atoms with Crippen molar-refractivity contribution in [3.63, 3.8) is 0 Å². The summed E-state index contributed by atoms with van der Waals surface area (Å²) in [4.78, 5) is 4.44. The minimum absolute atomic E-state index is 0.158. The van der Waals surface area contributed by atoms with E-state index >= 15 is 0 Å². The van der Waals surface area contributed by atoms with Crippen LogP contribution >= 0.6 is 11.3 Å². The molecule has 0 saturated heterocycles. The zero-order chi connectivity index (χ0) is 13.2. The summed E-state index contributed by atoms with van der Waals surface area (Å²) in [7, 11) is 1.96. The van der Waals surface area contributed by atoms with Crippen LogP contribution in [0.25, 0.3) is 11.4 Å². The molecule has 1 atom stereocenters. The van der Waals surface area contributed by atoms with Gasteiger partial charge in [0, 0.05) is 23.4 Å². The van der Waals surface area contributed by atoms with E-state index < -0.39 is 0 Å². The normalized spacial score (nSPS) is 13.8. The van der Waals surface area contributed by atoms with E-state index in [2.05, 4.69) is 36.2 Å². The lowest BCUT2D eigenvalue weighted by Crippen LogP contribution is -2.39.